The number of anilines is 2. The van der Waals surface area contributed by atoms with Gasteiger partial charge in [0.15, 0.2) is 10.9 Å². The molecule has 6 nitrogen and oxygen atoms in total. The van der Waals surface area contributed by atoms with E-state index in [4.69, 9.17) is 35.4 Å². The van der Waals surface area contributed by atoms with E-state index in [1.807, 2.05) is 30.8 Å². The normalized spacial score (nSPS) is 11.0. The molecule has 0 bridgehead atoms. The summed E-state index contributed by atoms with van der Waals surface area (Å²) in [6, 6.07) is 11.7. The first-order valence-corrected chi connectivity index (χ1v) is 12.2. The first kappa shape index (κ1) is 24.7. The second-order valence-electron chi connectivity index (χ2n) is 7.67. The van der Waals surface area contributed by atoms with Crippen LogP contribution in [-0.4, -0.2) is 24.7 Å². The molecular formula is C23H20BrCl2FN6S. The second kappa shape index (κ2) is 10.4. The van der Waals surface area contributed by atoms with Crippen LogP contribution in [0.2, 0.25) is 10.0 Å². The molecule has 0 fully saturated rings. The van der Waals surface area contributed by atoms with Crippen molar-refractivity contribution in [1.29, 1.82) is 0 Å². The van der Waals surface area contributed by atoms with Crippen molar-refractivity contribution < 1.29 is 4.39 Å². The summed E-state index contributed by atoms with van der Waals surface area (Å²) in [5, 5.41) is 17.0. The highest BCUT2D eigenvalue weighted by molar-refractivity contribution is 9.10. The Labute approximate surface area is 220 Å². The number of benzene rings is 2. The molecule has 11 heteroatoms. The molecule has 176 valence electrons. The molecule has 4 rings (SSSR count). The number of rotatable bonds is 6. The lowest BCUT2D eigenvalue weighted by molar-refractivity contribution is 0.622. The SMILES string of the molecule is Cc1nn(Cc2ccc(F)cc2)c(C)c1NC(=S)Nc1nn(Cc2ccc(Cl)cc2Cl)cc1Br. The van der Waals surface area contributed by atoms with Crippen LogP contribution in [-0.2, 0) is 13.1 Å². The van der Waals surface area contributed by atoms with Crippen molar-refractivity contribution >= 4 is 68.0 Å². The van der Waals surface area contributed by atoms with E-state index in [0.29, 0.717) is 34.1 Å². The van der Waals surface area contributed by atoms with Gasteiger partial charge in [-0.2, -0.15) is 10.2 Å². The lowest BCUT2D eigenvalue weighted by atomic mass is 10.2. The highest BCUT2D eigenvalue weighted by Gasteiger charge is 2.15. The van der Waals surface area contributed by atoms with Crippen LogP contribution in [0.4, 0.5) is 15.9 Å². The molecule has 0 radical (unpaired) electrons. The van der Waals surface area contributed by atoms with Gasteiger partial charge in [-0.1, -0.05) is 41.4 Å². The third kappa shape index (κ3) is 5.78. The number of aromatic nitrogens is 4. The summed E-state index contributed by atoms with van der Waals surface area (Å²) >= 11 is 21.3. The Morgan fingerprint density at radius 2 is 1.79 bits per heavy atom. The van der Waals surface area contributed by atoms with E-state index in [1.54, 1.807) is 28.9 Å². The fourth-order valence-electron chi connectivity index (χ4n) is 3.43. The predicted molar refractivity (Wildman–Crippen MR) is 143 cm³/mol. The summed E-state index contributed by atoms with van der Waals surface area (Å²) < 4.78 is 17.6. The average Bonchev–Trinajstić information content (AvgIpc) is 3.25. The van der Waals surface area contributed by atoms with Gasteiger partial charge in [0.25, 0.3) is 0 Å². The molecule has 4 aromatic rings. The quantitative estimate of drug-likeness (QED) is 0.245. The van der Waals surface area contributed by atoms with Gasteiger partial charge in [-0.3, -0.25) is 9.36 Å². The van der Waals surface area contributed by atoms with Gasteiger partial charge < -0.3 is 10.6 Å². The molecule has 0 spiro atoms. The van der Waals surface area contributed by atoms with Gasteiger partial charge in [0.1, 0.15) is 5.82 Å². The lowest BCUT2D eigenvalue weighted by Gasteiger charge is -2.10. The van der Waals surface area contributed by atoms with Crippen LogP contribution in [0.25, 0.3) is 0 Å². The molecule has 2 heterocycles. The number of halogens is 4. The van der Waals surface area contributed by atoms with Gasteiger partial charge in [0, 0.05) is 16.2 Å². The van der Waals surface area contributed by atoms with Crippen LogP contribution in [0.5, 0.6) is 0 Å². The summed E-state index contributed by atoms with van der Waals surface area (Å²) in [5.74, 6) is 0.303. The van der Waals surface area contributed by atoms with Gasteiger partial charge in [-0.25, -0.2) is 4.39 Å². The Morgan fingerprint density at radius 1 is 1.06 bits per heavy atom. The summed E-state index contributed by atoms with van der Waals surface area (Å²) in [4.78, 5) is 0. The van der Waals surface area contributed by atoms with Gasteiger partial charge >= 0.3 is 0 Å². The molecule has 0 aliphatic carbocycles. The minimum absolute atomic E-state index is 0.263. The summed E-state index contributed by atoms with van der Waals surface area (Å²) in [5.41, 5.74) is 4.37. The maximum absolute atomic E-state index is 13.2. The van der Waals surface area contributed by atoms with Crippen molar-refractivity contribution in [2.45, 2.75) is 26.9 Å². The summed E-state index contributed by atoms with van der Waals surface area (Å²) in [7, 11) is 0. The van der Waals surface area contributed by atoms with Gasteiger partial charge in [0.05, 0.1) is 34.6 Å². The van der Waals surface area contributed by atoms with E-state index in [9.17, 15) is 4.39 Å². The lowest BCUT2D eigenvalue weighted by Crippen LogP contribution is -2.20. The highest BCUT2D eigenvalue weighted by atomic mass is 79.9. The van der Waals surface area contributed by atoms with E-state index in [0.717, 1.165) is 32.7 Å². The van der Waals surface area contributed by atoms with Crippen molar-refractivity contribution in [1.82, 2.24) is 19.6 Å². The average molecular weight is 582 g/mol. The largest absolute Gasteiger partial charge is 0.329 e. The van der Waals surface area contributed by atoms with Crippen LogP contribution in [0.1, 0.15) is 22.5 Å². The number of nitrogens with one attached hydrogen (secondary N) is 2. The predicted octanol–water partition coefficient (Wildman–Crippen LogP) is 6.81. The number of aryl methyl sites for hydroxylation is 1. The smallest absolute Gasteiger partial charge is 0.176 e. The van der Waals surface area contributed by atoms with Gasteiger partial charge in [-0.05, 0) is 77.4 Å². The molecule has 34 heavy (non-hydrogen) atoms. The first-order chi connectivity index (χ1) is 16.2. The zero-order valence-corrected chi connectivity index (χ0v) is 22.2. The maximum Gasteiger partial charge on any atom is 0.176 e. The molecule has 2 aromatic carbocycles. The molecule has 0 aliphatic heterocycles. The fourth-order valence-corrected chi connectivity index (χ4v) is 4.52. The zero-order chi connectivity index (χ0) is 24.4. The highest BCUT2D eigenvalue weighted by Crippen LogP contribution is 2.26. The van der Waals surface area contributed by atoms with Gasteiger partial charge in [0.2, 0.25) is 0 Å². The third-order valence-corrected chi connectivity index (χ3v) is 6.53. The van der Waals surface area contributed by atoms with Crippen LogP contribution in [0.15, 0.2) is 53.1 Å². The summed E-state index contributed by atoms with van der Waals surface area (Å²) in [6.45, 7) is 4.86. The Hall–Kier alpha value is -2.46. The van der Waals surface area contributed by atoms with Crippen molar-refractivity contribution in [3.05, 3.63) is 91.5 Å². The van der Waals surface area contributed by atoms with Crippen molar-refractivity contribution in [3.63, 3.8) is 0 Å². The molecule has 0 aliphatic rings. The Balaban J connectivity index is 1.44. The number of thiocarbonyl (C=S) groups is 1. The van der Waals surface area contributed by atoms with E-state index >= 15 is 0 Å². The molecule has 0 amide bonds. The summed E-state index contributed by atoms with van der Waals surface area (Å²) in [6.07, 6.45) is 1.84. The molecule has 0 saturated heterocycles. The fraction of sp³-hybridized carbons (Fsp3) is 0.174. The third-order valence-electron chi connectivity index (χ3n) is 5.16. The number of nitrogens with zero attached hydrogens (tertiary/aromatic N) is 4. The van der Waals surface area contributed by atoms with Crippen molar-refractivity contribution in [3.8, 4) is 0 Å². The van der Waals surface area contributed by atoms with Crippen LogP contribution in [0.3, 0.4) is 0 Å². The Bertz CT molecular complexity index is 1350. The van der Waals surface area contributed by atoms with E-state index in [2.05, 4.69) is 36.8 Å². The molecule has 2 N–H and O–H groups in total. The van der Waals surface area contributed by atoms with E-state index in [1.165, 1.54) is 12.1 Å². The van der Waals surface area contributed by atoms with E-state index in [-0.39, 0.29) is 5.82 Å². The number of hydrogen-bond donors (Lipinski definition) is 2. The molecule has 2 aromatic heterocycles. The van der Waals surface area contributed by atoms with E-state index < -0.39 is 0 Å². The Kier molecular flexibility index (Phi) is 7.57. The molecule has 0 atom stereocenters. The standard InChI is InChI=1S/C23H20BrCl2FN6S/c1-13-21(14(2)33(30-13)10-15-3-7-18(27)8-4-15)28-23(34)29-22-19(24)12-32(31-22)11-16-5-6-17(25)9-20(16)26/h3-9,12H,10-11H2,1-2H3,(H2,28,29,31,34). The minimum atomic E-state index is -0.263. The molecule has 0 unspecified atom stereocenters. The molecule has 0 saturated carbocycles. The monoisotopic (exact) mass is 580 g/mol. The Morgan fingerprint density at radius 3 is 2.50 bits per heavy atom. The molecular weight excluding hydrogens is 562 g/mol. The zero-order valence-electron chi connectivity index (χ0n) is 18.2. The van der Waals surface area contributed by atoms with Crippen LogP contribution in [0, 0.1) is 19.7 Å². The second-order valence-corrected chi connectivity index (χ2v) is 9.77. The minimum Gasteiger partial charge on any atom is -0.329 e. The van der Waals surface area contributed by atoms with Crippen molar-refractivity contribution in [2.75, 3.05) is 10.6 Å². The van der Waals surface area contributed by atoms with Crippen LogP contribution < -0.4 is 10.6 Å². The van der Waals surface area contributed by atoms with Gasteiger partial charge in [-0.15, -0.1) is 0 Å². The number of hydrogen-bond acceptors (Lipinski definition) is 3. The van der Waals surface area contributed by atoms with Crippen LogP contribution >= 0.6 is 51.3 Å². The maximum atomic E-state index is 13.2. The topological polar surface area (TPSA) is 59.7 Å². The van der Waals surface area contributed by atoms with Crippen molar-refractivity contribution in [2.24, 2.45) is 0 Å². The first-order valence-electron chi connectivity index (χ1n) is 10.2.